The summed E-state index contributed by atoms with van der Waals surface area (Å²) in [7, 11) is 0. The molecule has 1 heterocycles. The van der Waals surface area contributed by atoms with Crippen LogP contribution in [0.25, 0.3) is 10.9 Å². The van der Waals surface area contributed by atoms with Crippen molar-refractivity contribution in [1.82, 2.24) is 9.97 Å². The topological polar surface area (TPSA) is 63.8 Å². The summed E-state index contributed by atoms with van der Waals surface area (Å²) in [6.45, 7) is 0. The molecule has 0 radical (unpaired) electrons. The Morgan fingerprint density at radius 1 is 1.05 bits per heavy atom. The number of fused-ring (bicyclic) bond motifs is 1. The Morgan fingerprint density at radius 2 is 1.90 bits per heavy atom. The van der Waals surface area contributed by atoms with E-state index in [0.29, 0.717) is 5.95 Å². The van der Waals surface area contributed by atoms with E-state index in [1.165, 1.54) is 23.9 Å². The highest BCUT2D eigenvalue weighted by molar-refractivity contribution is 7.99. The van der Waals surface area contributed by atoms with E-state index >= 15 is 0 Å². The summed E-state index contributed by atoms with van der Waals surface area (Å²) in [6.07, 6.45) is 0. The number of hydrazine groups is 1. The van der Waals surface area contributed by atoms with Gasteiger partial charge in [0.2, 0.25) is 5.95 Å². The molecule has 0 spiro atoms. The van der Waals surface area contributed by atoms with E-state index in [1.807, 2.05) is 30.3 Å². The summed E-state index contributed by atoms with van der Waals surface area (Å²) < 4.78 is 13.3. The largest absolute Gasteiger partial charge is 0.292 e. The van der Waals surface area contributed by atoms with Gasteiger partial charge in [0.05, 0.1) is 5.52 Å². The number of nitrogen functional groups attached to an aromatic ring is 1. The summed E-state index contributed by atoms with van der Waals surface area (Å²) in [5, 5.41) is 1.63. The van der Waals surface area contributed by atoms with Crippen LogP contribution < -0.4 is 11.3 Å². The predicted molar refractivity (Wildman–Crippen MR) is 77.9 cm³/mol. The zero-order valence-corrected chi connectivity index (χ0v) is 11.2. The summed E-state index contributed by atoms with van der Waals surface area (Å²) in [6, 6.07) is 14.0. The Morgan fingerprint density at radius 3 is 2.70 bits per heavy atom. The summed E-state index contributed by atoms with van der Waals surface area (Å²) in [5.74, 6) is 5.45. The number of anilines is 1. The van der Waals surface area contributed by atoms with Gasteiger partial charge in [-0.25, -0.2) is 20.2 Å². The molecule has 0 bridgehead atoms. The van der Waals surface area contributed by atoms with E-state index in [0.717, 1.165) is 20.8 Å². The highest BCUT2D eigenvalue weighted by Gasteiger charge is 2.09. The number of benzene rings is 2. The molecule has 0 unspecified atom stereocenters. The van der Waals surface area contributed by atoms with Crippen LogP contribution >= 0.6 is 11.8 Å². The Labute approximate surface area is 119 Å². The monoisotopic (exact) mass is 286 g/mol. The molecule has 20 heavy (non-hydrogen) atoms. The molecule has 1 aromatic heterocycles. The number of hydrogen-bond acceptors (Lipinski definition) is 5. The zero-order chi connectivity index (χ0) is 13.9. The quantitative estimate of drug-likeness (QED) is 0.440. The molecule has 0 saturated heterocycles. The molecule has 0 aliphatic carbocycles. The smallest absolute Gasteiger partial charge is 0.238 e. The number of nitrogens with two attached hydrogens (primary N) is 1. The number of halogens is 1. The van der Waals surface area contributed by atoms with Crippen LogP contribution in [0.1, 0.15) is 0 Å². The fourth-order valence-corrected chi connectivity index (χ4v) is 2.79. The van der Waals surface area contributed by atoms with Gasteiger partial charge in [-0.2, -0.15) is 0 Å². The molecule has 4 nitrogen and oxygen atoms in total. The molecule has 0 aliphatic rings. The minimum atomic E-state index is -0.273. The van der Waals surface area contributed by atoms with Gasteiger partial charge in [0.1, 0.15) is 10.8 Å². The average molecular weight is 286 g/mol. The van der Waals surface area contributed by atoms with Gasteiger partial charge in [-0.15, -0.1) is 0 Å². The Hall–Kier alpha value is -2.18. The van der Waals surface area contributed by atoms with Crippen molar-refractivity contribution >= 4 is 28.6 Å². The minimum Gasteiger partial charge on any atom is -0.292 e. The van der Waals surface area contributed by atoms with E-state index in [2.05, 4.69) is 15.4 Å². The third kappa shape index (κ3) is 2.56. The summed E-state index contributed by atoms with van der Waals surface area (Å²) in [4.78, 5) is 9.39. The lowest BCUT2D eigenvalue weighted by molar-refractivity contribution is 0.624. The first-order valence-corrected chi connectivity index (χ1v) is 6.75. The zero-order valence-electron chi connectivity index (χ0n) is 10.4. The van der Waals surface area contributed by atoms with Crippen molar-refractivity contribution in [3.05, 3.63) is 54.3 Å². The van der Waals surface area contributed by atoms with Gasteiger partial charge in [0.15, 0.2) is 0 Å². The van der Waals surface area contributed by atoms with Crippen molar-refractivity contribution < 1.29 is 4.39 Å². The molecule has 100 valence electrons. The third-order valence-corrected chi connectivity index (χ3v) is 3.70. The van der Waals surface area contributed by atoms with E-state index in [9.17, 15) is 4.39 Å². The Bertz CT molecular complexity index is 763. The first-order chi connectivity index (χ1) is 9.76. The number of nitrogens with one attached hydrogen (secondary N) is 1. The lowest BCUT2D eigenvalue weighted by Gasteiger charge is -2.07. The van der Waals surface area contributed by atoms with E-state index in [4.69, 9.17) is 5.84 Å². The van der Waals surface area contributed by atoms with Gasteiger partial charge in [-0.05, 0) is 24.3 Å². The van der Waals surface area contributed by atoms with Gasteiger partial charge in [0, 0.05) is 10.3 Å². The Balaban J connectivity index is 2.10. The molecular weight excluding hydrogens is 275 g/mol. The van der Waals surface area contributed by atoms with Crippen LogP contribution in [0.3, 0.4) is 0 Å². The predicted octanol–water partition coefficient (Wildman–Crippen LogP) is 3.21. The van der Waals surface area contributed by atoms with Gasteiger partial charge in [-0.1, -0.05) is 36.0 Å². The highest BCUT2D eigenvalue weighted by Crippen LogP contribution is 2.32. The van der Waals surface area contributed by atoms with E-state index in [1.54, 1.807) is 6.07 Å². The van der Waals surface area contributed by atoms with Gasteiger partial charge >= 0.3 is 0 Å². The molecule has 0 amide bonds. The van der Waals surface area contributed by atoms with Crippen LogP contribution in [0.4, 0.5) is 10.3 Å². The second kappa shape index (κ2) is 5.44. The summed E-state index contributed by atoms with van der Waals surface area (Å²) in [5.41, 5.74) is 3.23. The number of aromatic nitrogens is 2. The van der Waals surface area contributed by atoms with Crippen molar-refractivity contribution in [2.45, 2.75) is 9.92 Å². The molecule has 6 heteroatoms. The maximum Gasteiger partial charge on any atom is 0.238 e. The molecule has 3 N–H and O–H groups in total. The lowest BCUT2D eigenvalue weighted by Crippen LogP contribution is -2.10. The first kappa shape index (κ1) is 12.8. The number of hydrogen-bond donors (Lipinski definition) is 2. The molecule has 0 saturated carbocycles. The summed E-state index contributed by atoms with van der Waals surface area (Å²) >= 11 is 1.37. The van der Waals surface area contributed by atoms with Gasteiger partial charge in [-0.3, -0.25) is 5.43 Å². The van der Waals surface area contributed by atoms with E-state index in [-0.39, 0.29) is 5.82 Å². The molecule has 0 fully saturated rings. The molecule has 3 aromatic rings. The Kier molecular flexibility index (Phi) is 3.49. The molecule has 0 aliphatic heterocycles. The van der Waals surface area contributed by atoms with Crippen molar-refractivity contribution in [3.63, 3.8) is 0 Å². The SMILES string of the molecule is NNc1nc(Sc2cccc(F)c2)c2ccccc2n1. The molecular formula is C14H11FN4S. The maximum atomic E-state index is 13.3. The fraction of sp³-hybridized carbons (Fsp3) is 0. The first-order valence-electron chi connectivity index (χ1n) is 5.93. The number of rotatable bonds is 3. The normalized spacial score (nSPS) is 10.7. The van der Waals surface area contributed by atoms with Crippen molar-refractivity contribution in [3.8, 4) is 0 Å². The molecule has 3 rings (SSSR count). The van der Waals surface area contributed by atoms with Crippen LogP contribution in [0.2, 0.25) is 0 Å². The van der Waals surface area contributed by atoms with Crippen LogP contribution in [-0.4, -0.2) is 9.97 Å². The second-order valence-corrected chi connectivity index (χ2v) is 5.14. The maximum absolute atomic E-state index is 13.3. The number of nitrogens with zero attached hydrogens (tertiary/aromatic N) is 2. The second-order valence-electron chi connectivity index (χ2n) is 4.07. The van der Waals surface area contributed by atoms with Crippen LogP contribution in [0.15, 0.2) is 58.5 Å². The fourth-order valence-electron chi connectivity index (χ4n) is 1.83. The minimum absolute atomic E-state index is 0.273. The van der Waals surface area contributed by atoms with Crippen LogP contribution in [0, 0.1) is 5.82 Å². The third-order valence-electron chi connectivity index (χ3n) is 2.71. The van der Waals surface area contributed by atoms with Gasteiger partial charge < -0.3 is 0 Å². The number of para-hydroxylation sites is 1. The van der Waals surface area contributed by atoms with Crippen LogP contribution in [-0.2, 0) is 0 Å². The van der Waals surface area contributed by atoms with E-state index < -0.39 is 0 Å². The van der Waals surface area contributed by atoms with Crippen LogP contribution in [0.5, 0.6) is 0 Å². The van der Waals surface area contributed by atoms with Crippen molar-refractivity contribution in [2.24, 2.45) is 5.84 Å². The van der Waals surface area contributed by atoms with Gasteiger partial charge in [0.25, 0.3) is 0 Å². The molecule has 2 aromatic carbocycles. The molecule has 0 atom stereocenters. The lowest BCUT2D eigenvalue weighted by atomic mass is 10.2. The highest BCUT2D eigenvalue weighted by atomic mass is 32.2. The standard InChI is InChI=1S/C14H11FN4S/c15-9-4-3-5-10(8-9)20-13-11-6-1-2-7-12(11)17-14(18-13)19-16/h1-8H,16H2,(H,17,18,19). The van der Waals surface area contributed by atoms with Crippen molar-refractivity contribution in [2.75, 3.05) is 5.43 Å². The average Bonchev–Trinajstić information content (AvgIpc) is 2.47. The van der Waals surface area contributed by atoms with Crippen molar-refractivity contribution in [1.29, 1.82) is 0 Å².